The second-order valence-electron chi connectivity index (χ2n) is 7.85. The van der Waals surface area contributed by atoms with Gasteiger partial charge in [0.2, 0.25) is 5.91 Å². The number of likely N-dealkylation sites (tertiary alicyclic amines) is 1. The molecule has 172 valence electrons. The van der Waals surface area contributed by atoms with Crippen molar-refractivity contribution in [1.82, 2.24) is 15.5 Å². The Kier molecular flexibility index (Phi) is 10.1. The normalized spacial score (nSPS) is 15.1. The molecule has 2 amide bonds. The highest BCUT2D eigenvalue weighted by molar-refractivity contribution is 5.80. The molecule has 0 atom stereocenters. The van der Waals surface area contributed by atoms with Crippen LogP contribution >= 0.6 is 0 Å². The zero-order chi connectivity index (χ0) is 22.6. The Labute approximate surface area is 185 Å². The molecule has 8 nitrogen and oxygen atoms in total. The molecule has 0 unspecified atom stereocenters. The zero-order valence-electron chi connectivity index (χ0n) is 19.0. The van der Waals surface area contributed by atoms with E-state index >= 15 is 0 Å². The summed E-state index contributed by atoms with van der Waals surface area (Å²) in [6, 6.07) is 7.77. The van der Waals surface area contributed by atoms with E-state index in [2.05, 4.69) is 29.5 Å². The molecule has 1 aromatic carbocycles. The topological polar surface area (TPSA) is 109 Å². The third-order valence-electron chi connectivity index (χ3n) is 5.53. The van der Waals surface area contributed by atoms with Gasteiger partial charge in [-0.2, -0.15) is 0 Å². The van der Waals surface area contributed by atoms with Gasteiger partial charge in [0.15, 0.2) is 12.6 Å². The molecule has 0 saturated carbocycles. The number of rotatable bonds is 10. The Morgan fingerprint density at radius 2 is 1.94 bits per heavy atom. The quantitative estimate of drug-likeness (QED) is 0.388. The zero-order valence-corrected chi connectivity index (χ0v) is 19.0. The van der Waals surface area contributed by atoms with Crippen molar-refractivity contribution >= 4 is 17.8 Å². The van der Waals surface area contributed by atoms with Crippen LogP contribution in [0.4, 0.5) is 0 Å². The fraction of sp³-hybridized carbons (Fsp3) is 0.609. The van der Waals surface area contributed by atoms with Crippen LogP contribution in [0.2, 0.25) is 0 Å². The number of carbonyl (C=O) groups excluding carboxylic acids is 2. The highest BCUT2D eigenvalue weighted by Crippen LogP contribution is 2.18. The molecule has 4 N–H and O–H groups in total. The van der Waals surface area contributed by atoms with Crippen molar-refractivity contribution < 1.29 is 14.3 Å². The first-order valence-corrected chi connectivity index (χ1v) is 11.3. The molecule has 8 heteroatoms. The minimum absolute atomic E-state index is 0.143. The van der Waals surface area contributed by atoms with E-state index in [-0.39, 0.29) is 18.6 Å². The molecule has 0 aliphatic carbocycles. The molecule has 1 saturated heterocycles. The van der Waals surface area contributed by atoms with E-state index in [0.717, 1.165) is 56.8 Å². The van der Waals surface area contributed by atoms with Gasteiger partial charge in [-0.15, -0.1) is 0 Å². The number of primary amides is 1. The molecule has 1 fully saturated rings. The van der Waals surface area contributed by atoms with Crippen LogP contribution in [0.5, 0.6) is 5.75 Å². The number of nitrogens with one attached hydrogen (secondary N) is 2. The monoisotopic (exact) mass is 431 g/mol. The number of guanidine groups is 1. The van der Waals surface area contributed by atoms with E-state index in [0.29, 0.717) is 18.2 Å². The molecule has 0 radical (unpaired) electrons. The fourth-order valence-corrected chi connectivity index (χ4v) is 3.71. The lowest BCUT2D eigenvalue weighted by atomic mass is 9.98. The summed E-state index contributed by atoms with van der Waals surface area (Å²) in [5.74, 6) is 1.29. The largest absolute Gasteiger partial charge is 0.484 e. The highest BCUT2D eigenvalue weighted by Gasteiger charge is 2.26. The van der Waals surface area contributed by atoms with Crippen LogP contribution < -0.4 is 21.1 Å². The summed E-state index contributed by atoms with van der Waals surface area (Å²) in [5, 5.41) is 6.80. The van der Waals surface area contributed by atoms with E-state index < -0.39 is 5.91 Å². The van der Waals surface area contributed by atoms with Gasteiger partial charge >= 0.3 is 0 Å². The van der Waals surface area contributed by atoms with Crippen molar-refractivity contribution in [2.45, 2.75) is 59.0 Å². The van der Waals surface area contributed by atoms with E-state index in [1.807, 2.05) is 30.0 Å². The van der Waals surface area contributed by atoms with Crippen molar-refractivity contribution in [2.24, 2.45) is 16.6 Å². The van der Waals surface area contributed by atoms with E-state index in [4.69, 9.17) is 10.5 Å². The Bertz CT molecular complexity index is 740. The number of ether oxygens (including phenoxy) is 1. The molecule has 31 heavy (non-hydrogen) atoms. The van der Waals surface area contributed by atoms with Crippen LogP contribution in [0.3, 0.4) is 0 Å². The van der Waals surface area contributed by atoms with Gasteiger partial charge in [0.05, 0.1) is 6.54 Å². The van der Waals surface area contributed by atoms with Crippen LogP contribution in [0, 0.1) is 5.92 Å². The minimum Gasteiger partial charge on any atom is -0.484 e. The van der Waals surface area contributed by atoms with Gasteiger partial charge < -0.3 is 26.0 Å². The maximum Gasteiger partial charge on any atom is 0.255 e. The summed E-state index contributed by atoms with van der Waals surface area (Å²) >= 11 is 0. The number of nitrogens with two attached hydrogens (primary N) is 1. The molecule has 2 rings (SSSR count). The standard InChI is InChI=1S/C23H37N5O3/c1-4-18(5-2)22(30)28-12-10-19(11-13-28)27-23(25-6-3)26-15-17-8-7-9-20(14-17)31-16-21(24)29/h7-9,14,18-19H,4-6,10-13,15-16H2,1-3H3,(H2,24,29)(H2,25,26,27). The van der Waals surface area contributed by atoms with Crippen LogP contribution in [0.1, 0.15) is 52.0 Å². The second kappa shape index (κ2) is 12.8. The summed E-state index contributed by atoms with van der Waals surface area (Å²) in [5.41, 5.74) is 6.11. The predicted molar refractivity (Wildman–Crippen MR) is 123 cm³/mol. The first kappa shape index (κ1) is 24.5. The Balaban J connectivity index is 1.90. The lowest BCUT2D eigenvalue weighted by Crippen LogP contribution is -2.50. The number of amides is 2. The summed E-state index contributed by atoms with van der Waals surface area (Å²) < 4.78 is 5.36. The lowest BCUT2D eigenvalue weighted by molar-refractivity contribution is -0.136. The molecule has 1 aromatic rings. The molecular formula is C23H37N5O3. The van der Waals surface area contributed by atoms with Crippen molar-refractivity contribution in [3.05, 3.63) is 29.8 Å². The SMILES string of the molecule is CCNC(=NCc1cccc(OCC(N)=O)c1)NC1CCN(C(=O)C(CC)CC)CC1. The van der Waals surface area contributed by atoms with Crippen LogP contribution in [-0.4, -0.2) is 55.0 Å². The van der Waals surface area contributed by atoms with Gasteiger partial charge in [-0.25, -0.2) is 4.99 Å². The number of hydrogen-bond donors (Lipinski definition) is 3. The molecule has 0 aromatic heterocycles. The van der Waals surface area contributed by atoms with Gasteiger partial charge in [0, 0.05) is 31.6 Å². The van der Waals surface area contributed by atoms with Crippen molar-refractivity contribution in [3.8, 4) is 5.75 Å². The third kappa shape index (κ3) is 8.11. The number of aliphatic imine (C=N–C) groups is 1. The maximum atomic E-state index is 12.6. The number of benzene rings is 1. The van der Waals surface area contributed by atoms with Gasteiger partial charge in [-0.3, -0.25) is 9.59 Å². The summed E-state index contributed by atoms with van der Waals surface area (Å²) in [6.45, 7) is 8.87. The number of carbonyl (C=O) groups is 2. The van der Waals surface area contributed by atoms with E-state index in [1.54, 1.807) is 6.07 Å². The maximum absolute atomic E-state index is 12.6. The lowest BCUT2D eigenvalue weighted by Gasteiger charge is -2.34. The van der Waals surface area contributed by atoms with E-state index in [9.17, 15) is 9.59 Å². The minimum atomic E-state index is -0.505. The Morgan fingerprint density at radius 1 is 1.23 bits per heavy atom. The molecular weight excluding hydrogens is 394 g/mol. The first-order chi connectivity index (χ1) is 15.0. The van der Waals surface area contributed by atoms with Crippen molar-refractivity contribution in [1.29, 1.82) is 0 Å². The van der Waals surface area contributed by atoms with Crippen molar-refractivity contribution in [3.63, 3.8) is 0 Å². The van der Waals surface area contributed by atoms with Crippen LogP contribution in [0.25, 0.3) is 0 Å². The van der Waals surface area contributed by atoms with Crippen LogP contribution in [-0.2, 0) is 16.1 Å². The summed E-state index contributed by atoms with van der Waals surface area (Å²) in [4.78, 5) is 30.2. The summed E-state index contributed by atoms with van der Waals surface area (Å²) in [6.07, 6.45) is 3.62. The third-order valence-corrected chi connectivity index (χ3v) is 5.53. The van der Waals surface area contributed by atoms with Crippen molar-refractivity contribution in [2.75, 3.05) is 26.2 Å². The predicted octanol–water partition coefficient (Wildman–Crippen LogP) is 2.03. The Hall–Kier alpha value is -2.77. The molecule has 1 aliphatic heterocycles. The smallest absolute Gasteiger partial charge is 0.255 e. The molecule has 1 aliphatic rings. The van der Waals surface area contributed by atoms with Gasteiger partial charge in [-0.05, 0) is 50.3 Å². The second-order valence-corrected chi connectivity index (χ2v) is 7.85. The van der Waals surface area contributed by atoms with Gasteiger partial charge in [-0.1, -0.05) is 26.0 Å². The number of nitrogens with zero attached hydrogens (tertiary/aromatic N) is 2. The average Bonchev–Trinajstić information content (AvgIpc) is 2.78. The summed E-state index contributed by atoms with van der Waals surface area (Å²) in [7, 11) is 0. The fourth-order valence-electron chi connectivity index (χ4n) is 3.71. The Morgan fingerprint density at radius 3 is 2.55 bits per heavy atom. The molecule has 0 bridgehead atoms. The van der Waals surface area contributed by atoms with E-state index in [1.165, 1.54) is 0 Å². The number of hydrogen-bond acceptors (Lipinski definition) is 4. The first-order valence-electron chi connectivity index (χ1n) is 11.3. The van der Waals surface area contributed by atoms with Crippen LogP contribution in [0.15, 0.2) is 29.3 Å². The number of piperidine rings is 1. The van der Waals surface area contributed by atoms with Gasteiger partial charge in [0.1, 0.15) is 5.75 Å². The van der Waals surface area contributed by atoms with Gasteiger partial charge in [0.25, 0.3) is 5.91 Å². The molecule has 0 spiro atoms. The average molecular weight is 432 g/mol. The highest BCUT2D eigenvalue weighted by atomic mass is 16.5. The molecule has 1 heterocycles.